The first kappa shape index (κ1) is 68.5. The van der Waals surface area contributed by atoms with E-state index < -0.39 is 20.0 Å². The molecule has 71 heavy (non-hydrogen) atoms. The second-order valence-electron chi connectivity index (χ2n) is 20.8. The molecule has 0 saturated heterocycles. The second kappa shape index (κ2) is 51.0. The number of nitrogens with one attached hydrogen (secondary N) is 1. The number of hydrogen-bond donors (Lipinski definition) is 2. The van der Waals surface area contributed by atoms with Crippen LogP contribution in [0.4, 0.5) is 0 Å². The number of quaternary nitrogens is 1. The fourth-order valence-corrected chi connectivity index (χ4v) is 8.77. The van der Waals surface area contributed by atoms with Crippen LogP contribution in [0.25, 0.3) is 0 Å². The molecular formula is C61H112N2O7P+. The van der Waals surface area contributed by atoms with Crippen LogP contribution in [-0.4, -0.2) is 74.3 Å². The van der Waals surface area contributed by atoms with Gasteiger partial charge in [0.25, 0.3) is 0 Å². The third-order valence-electron chi connectivity index (χ3n) is 12.6. The molecule has 3 unspecified atom stereocenters. The molecule has 3 atom stereocenters. The SMILES string of the molecule is CCCCC/C=C\C/C=C\C/C=C\C/C=C\CCCCCC(=O)OC(/C=C/CCCCCCCCCCCC)C(COP(=O)(O)OCC[N+](C)(C)C)NC(=O)CCCCC/C=C\CCCCCCCCC. The monoisotopic (exact) mass is 1020 g/mol. The molecule has 0 aliphatic heterocycles. The van der Waals surface area contributed by atoms with E-state index in [4.69, 9.17) is 13.8 Å². The molecule has 0 aliphatic carbocycles. The van der Waals surface area contributed by atoms with Crippen molar-refractivity contribution in [1.82, 2.24) is 5.32 Å². The Morgan fingerprint density at radius 1 is 0.493 bits per heavy atom. The average Bonchev–Trinajstić information content (AvgIpc) is 3.33. The Labute approximate surface area is 438 Å². The van der Waals surface area contributed by atoms with Gasteiger partial charge in [0.05, 0.1) is 33.8 Å². The number of hydrogen-bond acceptors (Lipinski definition) is 6. The van der Waals surface area contributed by atoms with Crippen molar-refractivity contribution >= 4 is 19.7 Å². The molecule has 0 bridgehead atoms. The number of esters is 1. The minimum absolute atomic E-state index is 0.0300. The zero-order chi connectivity index (χ0) is 52.2. The summed E-state index contributed by atoms with van der Waals surface area (Å²) in [4.78, 5) is 37.6. The second-order valence-corrected chi connectivity index (χ2v) is 22.3. The Morgan fingerprint density at radius 3 is 1.32 bits per heavy atom. The molecule has 0 saturated carbocycles. The van der Waals surface area contributed by atoms with Crippen LogP contribution in [0.15, 0.2) is 72.9 Å². The number of nitrogens with zero attached hydrogens (tertiary/aromatic N) is 1. The van der Waals surface area contributed by atoms with E-state index in [-0.39, 0.29) is 31.5 Å². The molecule has 0 spiro atoms. The zero-order valence-corrected chi connectivity index (χ0v) is 47.8. The Bertz CT molecular complexity index is 1450. The summed E-state index contributed by atoms with van der Waals surface area (Å²) in [5.41, 5.74) is 0. The highest BCUT2D eigenvalue weighted by atomic mass is 31.2. The van der Waals surface area contributed by atoms with Crippen LogP contribution in [0.1, 0.15) is 252 Å². The van der Waals surface area contributed by atoms with Gasteiger partial charge < -0.3 is 19.4 Å². The third kappa shape index (κ3) is 52.1. The van der Waals surface area contributed by atoms with E-state index in [0.29, 0.717) is 23.9 Å². The molecule has 0 heterocycles. The molecule has 9 nitrogen and oxygen atoms in total. The van der Waals surface area contributed by atoms with E-state index in [1.54, 1.807) is 0 Å². The lowest BCUT2D eigenvalue weighted by molar-refractivity contribution is -0.870. The predicted octanol–water partition coefficient (Wildman–Crippen LogP) is 17.7. The number of carbonyl (C=O) groups is 2. The molecular weight excluding hydrogens is 904 g/mol. The molecule has 2 N–H and O–H groups in total. The standard InChI is InChI=1S/C61H111N2O7P/c1-7-10-13-16-19-22-25-28-30-31-32-33-34-36-39-42-45-48-51-54-61(65)70-59(52-49-46-43-40-37-27-24-21-18-15-12-9-3)58(57-69-71(66,67)68-56-55-63(4,5)6)62-60(64)53-50-47-44-41-38-35-29-26-23-20-17-14-11-8-2/h19,22,28,30,32-33,35-36,38-39,49,52,58-59H,7-18,20-21,23-27,29,31,34,37,40-48,50-51,53-57H2,1-6H3,(H-,62,64,66,67)/p+1/b22-19-,30-28-,33-32-,38-35-,39-36-,52-49+. The Kier molecular flexibility index (Phi) is 49.1. The summed E-state index contributed by atoms with van der Waals surface area (Å²) in [6.07, 6.45) is 64.7. The van der Waals surface area contributed by atoms with Crippen molar-refractivity contribution in [3.63, 3.8) is 0 Å². The van der Waals surface area contributed by atoms with Crippen LogP contribution >= 0.6 is 7.82 Å². The summed E-state index contributed by atoms with van der Waals surface area (Å²) in [7, 11) is 1.46. The number of allylic oxidation sites excluding steroid dienone is 11. The highest BCUT2D eigenvalue weighted by Crippen LogP contribution is 2.43. The van der Waals surface area contributed by atoms with Crippen LogP contribution in [-0.2, 0) is 27.9 Å². The topological polar surface area (TPSA) is 111 Å². The number of likely N-dealkylation sites (N-methyl/N-ethyl adjacent to an activating group) is 1. The van der Waals surface area contributed by atoms with Crippen LogP contribution < -0.4 is 5.32 Å². The number of carbonyl (C=O) groups excluding carboxylic acids is 2. The van der Waals surface area contributed by atoms with Crippen LogP contribution in [0.2, 0.25) is 0 Å². The van der Waals surface area contributed by atoms with Gasteiger partial charge in [-0.15, -0.1) is 0 Å². The Hall–Kier alpha value is -2.55. The maximum atomic E-state index is 13.5. The van der Waals surface area contributed by atoms with E-state index >= 15 is 0 Å². The van der Waals surface area contributed by atoms with Crippen molar-refractivity contribution in [2.45, 2.75) is 264 Å². The number of phosphoric acid groups is 1. The van der Waals surface area contributed by atoms with E-state index in [0.717, 1.165) is 89.9 Å². The molecule has 0 aromatic heterocycles. The largest absolute Gasteiger partial charge is 0.472 e. The first-order valence-corrected chi connectivity index (χ1v) is 30.8. The zero-order valence-electron chi connectivity index (χ0n) is 47.0. The summed E-state index contributed by atoms with van der Waals surface area (Å²) in [5.74, 6) is -0.560. The number of ether oxygens (including phenoxy) is 1. The third-order valence-corrected chi connectivity index (χ3v) is 13.6. The Balaban J connectivity index is 5.41. The summed E-state index contributed by atoms with van der Waals surface area (Å²) in [5, 5.41) is 3.03. The smallest absolute Gasteiger partial charge is 0.456 e. The molecule has 0 rings (SSSR count). The van der Waals surface area contributed by atoms with Gasteiger partial charge in [-0.25, -0.2) is 4.57 Å². The van der Waals surface area contributed by atoms with Crippen molar-refractivity contribution in [3.8, 4) is 0 Å². The van der Waals surface area contributed by atoms with Gasteiger partial charge >= 0.3 is 13.8 Å². The fraction of sp³-hybridized carbons (Fsp3) is 0.770. The lowest BCUT2D eigenvalue weighted by Gasteiger charge is -2.27. The summed E-state index contributed by atoms with van der Waals surface area (Å²) in [6, 6.07) is -0.870. The van der Waals surface area contributed by atoms with E-state index in [1.807, 2.05) is 33.3 Å². The first-order valence-electron chi connectivity index (χ1n) is 29.3. The van der Waals surface area contributed by atoms with E-state index in [9.17, 15) is 19.0 Å². The van der Waals surface area contributed by atoms with Crippen LogP contribution in [0.3, 0.4) is 0 Å². The van der Waals surface area contributed by atoms with Crippen molar-refractivity contribution in [3.05, 3.63) is 72.9 Å². The van der Waals surface area contributed by atoms with Gasteiger partial charge in [0.1, 0.15) is 19.3 Å². The van der Waals surface area contributed by atoms with Crippen LogP contribution in [0, 0.1) is 0 Å². The summed E-state index contributed by atoms with van der Waals surface area (Å²) >= 11 is 0. The minimum atomic E-state index is -4.46. The summed E-state index contributed by atoms with van der Waals surface area (Å²) in [6.45, 7) is 6.94. The number of rotatable bonds is 52. The lowest BCUT2D eigenvalue weighted by Crippen LogP contribution is -2.47. The lowest BCUT2D eigenvalue weighted by atomic mass is 10.1. The van der Waals surface area contributed by atoms with Crippen molar-refractivity contribution in [2.75, 3.05) is 40.9 Å². The Morgan fingerprint density at radius 2 is 0.859 bits per heavy atom. The van der Waals surface area contributed by atoms with Gasteiger partial charge in [-0.2, -0.15) is 0 Å². The van der Waals surface area contributed by atoms with E-state index in [2.05, 4.69) is 86.8 Å². The quantitative estimate of drug-likeness (QED) is 0.0205. The molecule has 1 amide bonds. The molecule has 0 aliphatic rings. The van der Waals surface area contributed by atoms with Gasteiger partial charge in [0.15, 0.2) is 0 Å². The number of phosphoric ester groups is 1. The van der Waals surface area contributed by atoms with E-state index in [1.165, 1.54) is 122 Å². The molecule has 0 fully saturated rings. The van der Waals surface area contributed by atoms with Crippen molar-refractivity contribution in [2.24, 2.45) is 0 Å². The highest BCUT2D eigenvalue weighted by molar-refractivity contribution is 7.47. The number of unbranched alkanes of at least 4 members (excludes halogenated alkanes) is 26. The minimum Gasteiger partial charge on any atom is -0.456 e. The fourth-order valence-electron chi connectivity index (χ4n) is 8.03. The van der Waals surface area contributed by atoms with Crippen molar-refractivity contribution < 1.29 is 37.3 Å². The van der Waals surface area contributed by atoms with Gasteiger partial charge in [-0.3, -0.25) is 18.6 Å². The van der Waals surface area contributed by atoms with Crippen LogP contribution in [0.5, 0.6) is 0 Å². The maximum Gasteiger partial charge on any atom is 0.472 e. The van der Waals surface area contributed by atoms with Gasteiger partial charge in [-0.05, 0) is 102 Å². The normalized spacial score (nSPS) is 14.3. The maximum absolute atomic E-state index is 13.5. The van der Waals surface area contributed by atoms with Gasteiger partial charge in [0, 0.05) is 12.8 Å². The molecule has 0 aromatic rings. The molecule has 412 valence electrons. The first-order chi connectivity index (χ1) is 34.4. The predicted molar refractivity (Wildman–Crippen MR) is 305 cm³/mol. The van der Waals surface area contributed by atoms with Gasteiger partial charge in [-0.1, -0.05) is 210 Å². The average molecular weight is 1020 g/mol. The van der Waals surface area contributed by atoms with Gasteiger partial charge in [0.2, 0.25) is 5.91 Å². The highest BCUT2D eigenvalue weighted by Gasteiger charge is 2.30. The number of amides is 1. The van der Waals surface area contributed by atoms with Crippen molar-refractivity contribution in [1.29, 1.82) is 0 Å². The molecule has 0 radical (unpaired) electrons. The molecule has 0 aromatic carbocycles. The molecule has 10 heteroatoms. The summed E-state index contributed by atoms with van der Waals surface area (Å²) < 4.78 is 30.6.